The molecule has 0 saturated carbocycles. The lowest BCUT2D eigenvalue weighted by Crippen LogP contribution is -2.43. The van der Waals surface area contributed by atoms with E-state index in [-0.39, 0.29) is 11.8 Å². The van der Waals surface area contributed by atoms with E-state index in [0.29, 0.717) is 44.9 Å². The Morgan fingerprint density at radius 1 is 0.826 bits per heavy atom. The number of anilines is 3. The van der Waals surface area contributed by atoms with Crippen LogP contribution < -0.4 is 20.7 Å². The number of hydrogen-bond donors (Lipinski definition) is 4. The number of carbonyl (C=O) groups excluding carboxylic acids is 2. The molecule has 0 saturated heterocycles. The summed E-state index contributed by atoms with van der Waals surface area (Å²) >= 11 is 7.75. The molecular formula is C34H32ClN5O4S2. The van der Waals surface area contributed by atoms with Gasteiger partial charge in [0.2, 0.25) is 15.9 Å². The van der Waals surface area contributed by atoms with Crippen molar-refractivity contribution in [2.24, 2.45) is 0 Å². The van der Waals surface area contributed by atoms with Crippen LogP contribution in [-0.2, 0) is 20.2 Å². The van der Waals surface area contributed by atoms with Gasteiger partial charge in [0.05, 0.1) is 6.26 Å². The van der Waals surface area contributed by atoms with Crippen LogP contribution in [0.1, 0.15) is 27.9 Å². The predicted octanol–water partition coefficient (Wildman–Crippen LogP) is 6.62. The second-order valence-corrected chi connectivity index (χ2v) is 13.9. The maximum atomic E-state index is 14.5. The Hall–Kier alpha value is -4.71. The van der Waals surface area contributed by atoms with Gasteiger partial charge in [-0.1, -0.05) is 95.7 Å². The number of benzene rings is 4. The fraction of sp³-hybridized carbons (Fsp3) is 0.147. The lowest BCUT2D eigenvalue weighted by atomic mass is 9.71. The van der Waals surface area contributed by atoms with Gasteiger partial charge < -0.3 is 16.0 Å². The topological polar surface area (TPSA) is 129 Å². The number of hydrogen-bond acceptors (Lipinski definition) is 7. The Bertz CT molecular complexity index is 1880. The molecule has 46 heavy (non-hydrogen) atoms. The first-order valence-electron chi connectivity index (χ1n) is 14.3. The first kappa shape index (κ1) is 32.7. The number of halogens is 1. The molecule has 0 fully saturated rings. The molecule has 5 aromatic rings. The first-order chi connectivity index (χ1) is 22.1. The number of nitrogens with zero attached hydrogens (tertiary/aromatic N) is 1. The molecule has 4 N–H and O–H groups in total. The van der Waals surface area contributed by atoms with Crippen LogP contribution >= 0.6 is 22.9 Å². The summed E-state index contributed by atoms with van der Waals surface area (Å²) in [5, 5.41) is 9.40. The molecule has 0 aliphatic rings. The number of sulfonamides is 1. The van der Waals surface area contributed by atoms with Crippen LogP contribution in [0.15, 0.2) is 109 Å². The van der Waals surface area contributed by atoms with Crippen molar-refractivity contribution >= 4 is 61.3 Å². The summed E-state index contributed by atoms with van der Waals surface area (Å²) in [4.78, 5) is 31.2. The van der Waals surface area contributed by atoms with Crippen LogP contribution in [0.2, 0.25) is 4.34 Å². The highest BCUT2D eigenvalue weighted by molar-refractivity contribution is 7.92. The summed E-state index contributed by atoms with van der Waals surface area (Å²) in [6, 6.07) is 33.1. The zero-order chi connectivity index (χ0) is 32.7. The highest BCUT2D eigenvalue weighted by Gasteiger charge is 2.42. The molecule has 4 aromatic carbocycles. The fourth-order valence-electron chi connectivity index (χ4n) is 5.20. The van der Waals surface area contributed by atoms with Crippen molar-refractivity contribution < 1.29 is 18.0 Å². The van der Waals surface area contributed by atoms with Gasteiger partial charge in [0.25, 0.3) is 5.91 Å². The maximum Gasteiger partial charge on any atom is 0.251 e. The Balaban J connectivity index is 1.44. The first-order valence-corrected chi connectivity index (χ1v) is 17.4. The molecule has 2 amide bonds. The van der Waals surface area contributed by atoms with E-state index >= 15 is 0 Å². The van der Waals surface area contributed by atoms with E-state index in [1.807, 2.05) is 72.8 Å². The fourth-order valence-corrected chi connectivity index (χ4v) is 6.85. The van der Waals surface area contributed by atoms with Gasteiger partial charge in [0, 0.05) is 36.1 Å². The highest BCUT2D eigenvalue weighted by atomic mass is 35.5. The van der Waals surface area contributed by atoms with Gasteiger partial charge in [-0.3, -0.25) is 14.3 Å². The van der Waals surface area contributed by atoms with Gasteiger partial charge in [0.1, 0.15) is 15.4 Å². The third-order valence-corrected chi connectivity index (χ3v) is 9.17. The molecule has 0 aliphatic carbocycles. The summed E-state index contributed by atoms with van der Waals surface area (Å²) in [5.74, 6) is -0.437. The van der Waals surface area contributed by atoms with Crippen LogP contribution in [-0.4, -0.2) is 45.1 Å². The van der Waals surface area contributed by atoms with E-state index in [0.717, 1.165) is 34.4 Å². The number of nitrogens with one attached hydrogen (secondary N) is 4. The number of carbonyl (C=O) groups is 2. The summed E-state index contributed by atoms with van der Waals surface area (Å²) in [6.07, 6.45) is 1.48. The molecule has 5 rings (SSSR count). The molecule has 12 heteroatoms. The molecule has 0 unspecified atom stereocenters. The van der Waals surface area contributed by atoms with Crippen LogP contribution in [0.5, 0.6) is 0 Å². The predicted molar refractivity (Wildman–Crippen MR) is 186 cm³/mol. The van der Waals surface area contributed by atoms with Gasteiger partial charge in [-0.25, -0.2) is 13.4 Å². The monoisotopic (exact) mass is 673 g/mol. The largest absolute Gasteiger partial charge is 0.385 e. The molecular weight excluding hydrogens is 642 g/mol. The molecule has 0 atom stereocenters. The average Bonchev–Trinajstić information content (AvgIpc) is 3.42. The van der Waals surface area contributed by atoms with Crippen LogP contribution in [0.3, 0.4) is 0 Å². The lowest BCUT2D eigenvalue weighted by Gasteiger charge is -2.33. The SMILES string of the molecule is CNC(=O)c1ccc(NCCC(C(=O)Nc2nc(-c3ccc(NS(C)(=O)=O)cc3)c(Cl)s2)(c2ccccc2)c2ccccc2)cc1. The minimum absolute atomic E-state index is 0.165. The zero-order valence-corrected chi connectivity index (χ0v) is 27.5. The van der Waals surface area contributed by atoms with E-state index in [1.165, 1.54) is 0 Å². The van der Waals surface area contributed by atoms with Crippen molar-refractivity contribution in [3.05, 3.63) is 130 Å². The van der Waals surface area contributed by atoms with E-state index < -0.39 is 15.4 Å². The van der Waals surface area contributed by atoms with E-state index in [1.54, 1.807) is 43.4 Å². The van der Waals surface area contributed by atoms with Crippen LogP contribution in [0.4, 0.5) is 16.5 Å². The van der Waals surface area contributed by atoms with Crippen molar-refractivity contribution in [1.82, 2.24) is 10.3 Å². The molecule has 0 radical (unpaired) electrons. The third-order valence-electron chi connectivity index (χ3n) is 7.39. The van der Waals surface area contributed by atoms with Gasteiger partial charge in [-0.2, -0.15) is 0 Å². The highest BCUT2D eigenvalue weighted by Crippen LogP contribution is 2.40. The van der Waals surface area contributed by atoms with Gasteiger partial charge in [0.15, 0.2) is 5.13 Å². The van der Waals surface area contributed by atoms with Gasteiger partial charge >= 0.3 is 0 Å². The van der Waals surface area contributed by atoms with E-state index in [2.05, 4.69) is 25.7 Å². The smallest absolute Gasteiger partial charge is 0.251 e. The van der Waals surface area contributed by atoms with E-state index in [9.17, 15) is 18.0 Å². The second kappa shape index (κ2) is 14.2. The van der Waals surface area contributed by atoms with Gasteiger partial charge in [-0.15, -0.1) is 0 Å². The van der Waals surface area contributed by atoms with Gasteiger partial charge in [-0.05, 0) is 53.9 Å². The Labute approximate surface area is 277 Å². The molecule has 9 nitrogen and oxygen atoms in total. The summed E-state index contributed by atoms with van der Waals surface area (Å²) < 4.78 is 26.0. The standard InChI is InChI=1S/C34H32ClN5O4S2/c1-36-31(41)24-15-17-27(18-16-24)37-22-21-34(25-9-5-3-6-10-25,26-11-7-4-8-12-26)32(42)39-33-38-29(30(35)45-33)23-13-19-28(20-14-23)40-46(2,43)44/h3-20,37,40H,21-22H2,1-2H3,(H,36,41)(H,38,39,42). The molecule has 0 bridgehead atoms. The normalized spacial score (nSPS) is 11.5. The second-order valence-electron chi connectivity index (χ2n) is 10.5. The minimum Gasteiger partial charge on any atom is -0.385 e. The van der Waals surface area contributed by atoms with E-state index in [4.69, 9.17) is 11.6 Å². The van der Waals surface area contributed by atoms with Crippen molar-refractivity contribution in [2.75, 3.05) is 35.2 Å². The molecule has 236 valence electrons. The maximum absolute atomic E-state index is 14.5. The number of rotatable bonds is 12. The molecule has 0 spiro atoms. The average molecular weight is 674 g/mol. The number of amides is 2. The summed E-state index contributed by atoms with van der Waals surface area (Å²) in [5.41, 5.74) is 3.45. The lowest BCUT2D eigenvalue weighted by molar-refractivity contribution is -0.120. The van der Waals surface area contributed by atoms with Crippen molar-refractivity contribution in [3.63, 3.8) is 0 Å². The van der Waals surface area contributed by atoms with Crippen molar-refractivity contribution in [1.29, 1.82) is 0 Å². The van der Waals surface area contributed by atoms with Crippen LogP contribution in [0.25, 0.3) is 11.3 Å². The third kappa shape index (κ3) is 7.56. The Morgan fingerprint density at radius 2 is 1.39 bits per heavy atom. The quantitative estimate of drug-likeness (QED) is 0.118. The Morgan fingerprint density at radius 3 is 1.93 bits per heavy atom. The van der Waals surface area contributed by atoms with Crippen molar-refractivity contribution in [3.8, 4) is 11.3 Å². The van der Waals surface area contributed by atoms with Crippen molar-refractivity contribution in [2.45, 2.75) is 11.8 Å². The molecule has 1 aromatic heterocycles. The minimum atomic E-state index is -3.42. The number of aromatic nitrogens is 1. The zero-order valence-electron chi connectivity index (χ0n) is 25.1. The number of thiazole rings is 1. The van der Waals surface area contributed by atoms with Crippen LogP contribution in [0, 0.1) is 0 Å². The molecule has 1 heterocycles. The Kier molecular flexibility index (Phi) is 10.1. The summed E-state index contributed by atoms with van der Waals surface area (Å²) in [7, 11) is -1.83. The molecule has 0 aliphatic heterocycles. The summed E-state index contributed by atoms with van der Waals surface area (Å²) in [6.45, 7) is 0.439.